The molecule has 0 radical (unpaired) electrons. The summed E-state index contributed by atoms with van der Waals surface area (Å²) in [6.45, 7) is -0.0901. The number of hydrogen-bond acceptors (Lipinski definition) is 5. The van der Waals surface area contributed by atoms with E-state index in [2.05, 4.69) is 10.5 Å². The van der Waals surface area contributed by atoms with Crippen molar-refractivity contribution in [3.05, 3.63) is 69.5 Å². The molecule has 3 rings (SSSR count). The minimum atomic E-state index is -0.403. The Morgan fingerprint density at radius 2 is 1.93 bits per heavy atom. The van der Waals surface area contributed by atoms with Crippen molar-refractivity contribution < 1.29 is 15.0 Å². The number of amides is 1. The van der Waals surface area contributed by atoms with Crippen LogP contribution in [0, 0.1) is 0 Å². The first kappa shape index (κ1) is 19.6. The number of fused-ring (bicyclic) bond motifs is 1. The molecule has 2 aromatic carbocycles. The second kappa shape index (κ2) is 8.69. The number of aliphatic hydroxyl groups excluding tert-OH is 1. The third kappa shape index (κ3) is 4.05. The van der Waals surface area contributed by atoms with Gasteiger partial charge in [0, 0.05) is 28.8 Å². The zero-order valence-corrected chi connectivity index (χ0v) is 15.6. The first-order valence-electron chi connectivity index (χ1n) is 8.58. The summed E-state index contributed by atoms with van der Waals surface area (Å²) in [5.41, 5.74) is 2.62. The highest BCUT2D eigenvalue weighted by atomic mass is 35.5. The molecule has 144 valence electrons. The molecule has 8 heteroatoms. The Hall–Kier alpha value is -3.16. The summed E-state index contributed by atoms with van der Waals surface area (Å²) < 4.78 is 1.14. The fourth-order valence-electron chi connectivity index (χ4n) is 2.81. The molecule has 1 amide bonds. The first-order valence-corrected chi connectivity index (χ1v) is 8.96. The number of hydrogen-bond donors (Lipinski definition) is 3. The molecule has 0 spiro atoms. The molecule has 1 heterocycles. The molecule has 28 heavy (non-hydrogen) atoms. The van der Waals surface area contributed by atoms with Crippen molar-refractivity contribution in [3.63, 3.8) is 0 Å². The van der Waals surface area contributed by atoms with Crippen LogP contribution in [0.15, 0.2) is 58.4 Å². The number of aromatic nitrogens is 1. The Bertz CT molecular complexity index is 1110. The van der Waals surface area contributed by atoms with Gasteiger partial charge >= 0.3 is 0 Å². The van der Waals surface area contributed by atoms with Crippen LogP contribution in [-0.2, 0) is 4.79 Å². The third-order valence-electron chi connectivity index (χ3n) is 4.11. The predicted octanol–water partition coefficient (Wildman–Crippen LogP) is 2.57. The molecule has 3 aromatic rings. The molecule has 0 atom stereocenters. The number of hydrazone groups is 1. The van der Waals surface area contributed by atoms with E-state index in [-0.39, 0.29) is 30.4 Å². The van der Waals surface area contributed by atoms with Crippen molar-refractivity contribution in [2.24, 2.45) is 5.10 Å². The van der Waals surface area contributed by atoms with Crippen LogP contribution in [0.25, 0.3) is 16.5 Å². The summed E-state index contributed by atoms with van der Waals surface area (Å²) in [5.74, 6) is -0.684. The third-order valence-corrected chi connectivity index (χ3v) is 4.35. The van der Waals surface area contributed by atoms with Crippen molar-refractivity contribution in [3.8, 4) is 11.6 Å². The van der Waals surface area contributed by atoms with Gasteiger partial charge in [0.2, 0.25) is 11.8 Å². The molecule has 1 aromatic heterocycles. The molecule has 7 nitrogen and oxygen atoms in total. The maximum Gasteiger partial charge on any atom is 0.265 e. The predicted molar refractivity (Wildman–Crippen MR) is 108 cm³/mol. The van der Waals surface area contributed by atoms with Gasteiger partial charge in [-0.05, 0) is 30.7 Å². The van der Waals surface area contributed by atoms with Gasteiger partial charge in [-0.2, -0.15) is 5.10 Å². The van der Waals surface area contributed by atoms with Crippen molar-refractivity contribution in [1.29, 1.82) is 0 Å². The summed E-state index contributed by atoms with van der Waals surface area (Å²) in [5, 5.41) is 24.7. The van der Waals surface area contributed by atoms with Gasteiger partial charge in [-0.3, -0.25) is 9.59 Å². The second-order valence-corrected chi connectivity index (χ2v) is 6.46. The maximum absolute atomic E-state index is 12.9. The minimum absolute atomic E-state index is 0.0901. The van der Waals surface area contributed by atoms with Crippen molar-refractivity contribution in [2.75, 3.05) is 6.61 Å². The van der Waals surface area contributed by atoms with Crippen molar-refractivity contribution in [2.45, 2.75) is 12.8 Å². The summed E-state index contributed by atoms with van der Waals surface area (Å²) in [6, 6.07) is 13.4. The molecule has 0 aliphatic carbocycles. The fraction of sp³-hybridized carbons (Fsp3) is 0.150. The Balaban J connectivity index is 2.11. The van der Waals surface area contributed by atoms with Gasteiger partial charge < -0.3 is 10.2 Å². The van der Waals surface area contributed by atoms with Crippen LogP contribution in [-0.4, -0.2) is 33.5 Å². The molecule has 0 fully saturated rings. The van der Waals surface area contributed by atoms with E-state index in [1.54, 1.807) is 48.5 Å². The number of benzene rings is 2. The lowest BCUT2D eigenvalue weighted by molar-refractivity contribution is -0.121. The number of nitrogens with zero attached hydrogens (tertiary/aromatic N) is 2. The molecule has 0 saturated heterocycles. The molecular weight excluding hydrogens is 382 g/mol. The number of pyridine rings is 1. The number of rotatable bonds is 6. The highest BCUT2D eigenvalue weighted by molar-refractivity contribution is 6.30. The lowest BCUT2D eigenvalue weighted by atomic mass is 10.1. The summed E-state index contributed by atoms with van der Waals surface area (Å²) in [4.78, 5) is 24.6. The van der Waals surface area contributed by atoms with Crippen LogP contribution in [0.2, 0.25) is 5.02 Å². The molecule has 0 aliphatic heterocycles. The number of aliphatic hydroxyl groups is 1. The number of aromatic hydroxyl groups is 1. The van der Waals surface area contributed by atoms with E-state index < -0.39 is 5.56 Å². The van der Waals surface area contributed by atoms with Gasteiger partial charge in [-0.15, -0.1) is 0 Å². The number of nitrogens with one attached hydrogen (secondary N) is 1. The molecule has 3 N–H and O–H groups in total. The Kier molecular flexibility index (Phi) is 6.08. The lowest BCUT2D eigenvalue weighted by Crippen LogP contribution is -2.21. The van der Waals surface area contributed by atoms with E-state index in [1.807, 2.05) is 0 Å². The highest BCUT2D eigenvalue weighted by Crippen LogP contribution is 2.26. The minimum Gasteiger partial charge on any atom is -0.494 e. The number of carbonyl (C=O) groups is 1. The smallest absolute Gasteiger partial charge is 0.265 e. The summed E-state index contributed by atoms with van der Waals surface area (Å²) >= 11 is 6.03. The molecule has 0 bridgehead atoms. The normalized spacial score (nSPS) is 11.2. The Morgan fingerprint density at radius 1 is 1.18 bits per heavy atom. The number of carbonyl (C=O) groups excluding carboxylic acids is 1. The van der Waals surface area contributed by atoms with E-state index >= 15 is 0 Å². The van der Waals surface area contributed by atoms with Gasteiger partial charge in [0.05, 0.1) is 17.5 Å². The van der Waals surface area contributed by atoms with Crippen LogP contribution >= 0.6 is 11.6 Å². The largest absolute Gasteiger partial charge is 0.494 e. The number of halogens is 1. The zero-order chi connectivity index (χ0) is 20.1. The topological polar surface area (TPSA) is 104 Å². The summed E-state index contributed by atoms with van der Waals surface area (Å²) in [6.07, 6.45) is 1.74. The van der Waals surface area contributed by atoms with Crippen LogP contribution in [0.5, 0.6) is 5.88 Å². The van der Waals surface area contributed by atoms with Crippen molar-refractivity contribution >= 4 is 34.5 Å². The van der Waals surface area contributed by atoms with Gasteiger partial charge in [0.1, 0.15) is 0 Å². The highest BCUT2D eigenvalue weighted by Gasteiger charge is 2.16. The lowest BCUT2D eigenvalue weighted by Gasteiger charge is -2.13. The Labute approximate surface area is 165 Å². The average molecular weight is 400 g/mol. The van der Waals surface area contributed by atoms with Crippen LogP contribution in [0.3, 0.4) is 0 Å². The average Bonchev–Trinajstić information content (AvgIpc) is 2.69. The van der Waals surface area contributed by atoms with Gasteiger partial charge in [-0.25, -0.2) is 9.99 Å². The van der Waals surface area contributed by atoms with Crippen LogP contribution in [0.1, 0.15) is 18.4 Å². The van der Waals surface area contributed by atoms with E-state index in [0.717, 1.165) is 4.57 Å². The van der Waals surface area contributed by atoms with Crippen LogP contribution < -0.4 is 11.0 Å². The van der Waals surface area contributed by atoms with Gasteiger partial charge in [0.25, 0.3) is 5.56 Å². The molecular formula is C20H18ClN3O4. The maximum atomic E-state index is 12.9. The van der Waals surface area contributed by atoms with Crippen molar-refractivity contribution in [1.82, 2.24) is 9.99 Å². The van der Waals surface area contributed by atoms with Crippen LogP contribution in [0.4, 0.5) is 0 Å². The molecule has 0 unspecified atom stereocenters. The Morgan fingerprint density at radius 3 is 2.64 bits per heavy atom. The SMILES string of the molecule is O=C(CCCO)N/N=C/c1c(O)n(-c2cccc(Cl)c2)c(=O)c2ccccc12. The molecule has 0 aliphatic rings. The molecule has 0 saturated carbocycles. The van der Waals surface area contributed by atoms with Gasteiger partial charge in [0.15, 0.2) is 0 Å². The fourth-order valence-corrected chi connectivity index (χ4v) is 2.99. The van der Waals surface area contributed by atoms with E-state index in [0.29, 0.717) is 27.9 Å². The monoisotopic (exact) mass is 399 g/mol. The van der Waals surface area contributed by atoms with E-state index in [4.69, 9.17) is 16.7 Å². The first-order chi connectivity index (χ1) is 13.5. The zero-order valence-electron chi connectivity index (χ0n) is 14.8. The van der Waals surface area contributed by atoms with E-state index in [1.165, 1.54) is 6.21 Å². The standard InChI is InChI=1S/C20H18ClN3O4/c21-13-5-3-6-14(11-13)24-19(27)16-8-2-1-7-15(16)17(20(24)28)12-22-23-18(26)9-4-10-25/h1-3,5-8,11-12,25,28H,4,9-10H2,(H,23,26)/b22-12+. The summed E-state index contributed by atoms with van der Waals surface area (Å²) in [7, 11) is 0. The second-order valence-electron chi connectivity index (χ2n) is 6.02. The quantitative estimate of drug-likeness (QED) is 0.437. The van der Waals surface area contributed by atoms with E-state index in [9.17, 15) is 14.7 Å². The van der Waals surface area contributed by atoms with Gasteiger partial charge in [-0.1, -0.05) is 35.9 Å².